The van der Waals surface area contributed by atoms with E-state index in [2.05, 4.69) is 4.98 Å². The summed E-state index contributed by atoms with van der Waals surface area (Å²) in [7, 11) is 0. The molecule has 0 spiro atoms. The Balaban J connectivity index is 3.25. The van der Waals surface area contributed by atoms with Gasteiger partial charge < -0.3 is 5.11 Å². The highest BCUT2D eigenvalue weighted by atomic mass is 35.5. The van der Waals surface area contributed by atoms with Gasteiger partial charge in [0.25, 0.3) is 0 Å². The molecule has 1 heterocycles. The quantitative estimate of drug-likeness (QED) is 0.779. The van der Waals surface area contributed by atoms with Crippen LogP contribution in [0.2, 0.25) is 5.02 Å². The van der Waals surface area contributed by atoms with Gasteiger partial charge >= 0.3 is 0 Å². The molecule has 1 aromatic rings. The van der Waals surface area contributed by atoms with Crippen molar-refractivity contribution in [2.45, 2.75) is 20.0 Å². The number of hydrogen-bond acceptors (Lipinski definition) is 2. The molecule has 0 aliphatic carbocycles. The van der Waals surface area contributed by atoms with Crippen LogP contribution >= 0.6 is 11.6 Å². The van der Waals surface area contributed by atoms with E-state index in [0.717, 1.165) is 6.20 Å². The van der Waals surface area contributed by atoms with Gasteiger partial charge in [-0.15, -0.1) is 0 Å². The van der Waals surface area contributed by atoms with E-state index in [-0.39, 0.29) is 16.5 Å². The summed E-state index contributed by atoms with van der Waals surface area (Å²) in [6, 6.07) is 0. The first kappa shape index (κ1) is 11.3. The fourth-order valence-corrected chi connectivity index (χ4v) is 1.30. The second kappa shape index (κ2) is 4.19. The third-order valence-corrected chi connectivity index (χ3v) is 2.19. The number of nitrogens with zero attached hydrogens (tertiary/aromatic N) is 1. The van der Waals surface area contributed by atoms with Gasteiger partial charge in [0.1, 0.15) is 0 Å². The van der Waals surface area contributed by atoms with Crippen LogP contribution in [0.3, 0.4) is 0 Å². The van der Waals surface area contributed by atoms with Gasteiger partial charge in [0.05, 0.1) is 11.1 Å². The summed E-state index contributed by atoms with van der Waals surface area (Å²) in [4.78, 5) is 3.10. The molecule has 1 atom stereocenters. The van der Waals surface area contributed by atoms with E-state index in [1.165, 1.54) is 0 Å². The van der Waals surface area contributed by atoms with Gasteiger partial charge in [-0.1, -0.05) is 25.4 Å². The summed E-state index contributed by atoms with van der Waals surface area (Å²) in [6.45, 7) is 3.36. The molecule has 2 nitrogen and oxygen atoms in total. The van der Waals surface area contributed by atoms with Crippen LogP contribution in [-0.4, -0.2) is 10.1 Å². The maximum absolute atomic E-state index is 13.2. The Bertz CT molecular complexity index is 344. The molecule has 5 heteroatoms. The summed E-state index contributed by atoms with van der Waals surface area (Å²) in [5.74, 6) is -2.67. The lowest BCUT2D eigenvalue weighted by atomic mass is 10.00. The zero-order chi connectivity index (χ0) is 10.9. The minimum atomic E-state index is -1.25. The van der Waals surface area contributed by atoms with Gasteiger partial charge in [0, 0.05) is 11.8 Å². The van der Waals surface area contributed by atoms with Gasteiger partial charge in [0.2, 0.25) is 5.95 Å². The van der Waals surface area contributed by atoms with Crippen molar-refractivity contribution in [2.24, 2.45) is 5.92 Å². The maximum Gasteiger partial charge on any atom is 0.249 e. The van der Waals surface area contributed by atoms with Crippen LogP contribution in [0.1, 0.15) is 25.5 Å². The Hall–Kier alpha value is -0.740. The number of aliphatic hydroxyl groups excluding tert-OH is 1. The predicted molar refractivity (Wildman–Crippen MR) is 49.0 cm³/mol. The maximum atomic E-state index is 13.2. The Morgan fingerprint density at radius 3 is 2.50 bits per heavy atom. The molecule has 1 N–H and O–H groups in total. The van der Waals surface area contributed by atoms with Crippen LogP contribution in [0.4, 0.5) is 8.78 Å². The van der Waals surface area contributed by atoms with E-state index in [4.69, 9.17) is 11.6 Å². The lowest BCUT2D eigenvalue weighted by Crippen LogP contribution is -2.10. The van der Waals surface area contributed by atoms with Gasteiger partial charge in [-0.25, -0.2) is 9.37 Å². The zero-order valence-corrected chi connectivity index (χ0v) is 8.52. The first-order chi connectivity index (χ1) is 6.45. The minimum Gasteiger partial charge on any atom is -0.388 e. The van der Waals surface area contributed by atoms with Crippen molar-refractivity contribution >= 4 is 11.6 Å². The first-order valence-electron chi connectivity index (χ1n) is 4.12. The fourth-order valence-electron chi connectivity index (χ4n) is 1.06. The van der Waals surface area contributed by atoms with Crippen LogP contribution in [-0.2, 0) is 0 Å². The van der Waals surface area contributed by atoms with E-state index < -0.39 is 17.9 Å². The van der Waals surface area contributed by atoms with Gasteiger partial charge in [-0.3, -0.25) is 0 Å². The molecule has 1 rings (SSSR count). The summed E-state index contributed by atoms with van der Waals surface area (Å²) in [5.41, 5.74) is -0.228. The highest BCUT2D eigenvalue weighted by Crippen LogP contribution is 2.30. The smallest absolute Gasteiger partial charge is 0.249 e. The van der Waals surface area contributed by atoms with Crippen molar-refractivity contribution < 1.29 is 13.9 Å². The Morgan fingerprint density at radius 2 is 2.00 bits per heavy atom. The molecule has 1 aromatic heterocycles. The molecular formula is C9H10ClF2NO. The predicted octanol–water partition coefficient (Wildman–Crippen LogP) is 2.70. The topological polar surface area (TPSA) is 33.1 Å². The van der Waals surface area contributed by atoms with Crippen molar-refractivity contribution in [1.82, 2.24) is 4.98 Å². The summed E-state index contributed by atoms with van der Waals surface area (Å²) < 4.78 is 25.9. The highest BCUT2D eigenvalue weighted by Gasteiger charge is 2.23. The standard InChI is InChI=1S/C9H10ClF2NO/c1-4(2)8(14)6-5(10)3-13-9(12)7(6)11/h3-4,8,14H,1-2H3. The third-order valence-electron chi connectivity index (χ3n) is 1.89. The lowest BCUT2D eigenvalue weighted by molar-refractivity contribution is 0.121. The minimum absolute atomic E-state index is 0.0647. The first-order valence-corrected chi connectivity index (χ1v) is 4.50. The van der Waals surface area contributed by atoms with Crippen molar-refractivity contribution in [2.75, 3.05) is 0 Å². The highest BCUT2D eigenvalue weighted by molar-refractivity contribution is 6.31. The van der Waals surface area contributed by atoms with Crippen molar-refractivity contribution in [3.8, 4) is 0 Å². The molecule has 14 heavy (non-hydrogen) atoms. The van der Waals surface area contributed by atoms with Gasteiger partial charge in [-0.05, 0) is 5.92 Å². The molecule has 0 bridgehead atoms. The molecule has 0 aliphatic heterocycles. The molecule has 0 aliphatic rings. The van der Waals surface area contributed by atoms with Gasteiger partial charge in [-0.2, -0.15) is 4.39 Å². The van der Waals surface area contributed by atoms with Crippen LogP contribution in [0, 0.1) is 17.7 Å². The Morgan fingerprint density at radius 1 is 1.43 bits per heavy atom. The Kier molecular flexibility index (Phi) is 3.39. The number of pyridine rings is 1. The van der Waals surface area contributed by atoms with Crippen molar-refractivity contribution in [3.63, 3.8) is 0 Å². The van der Waals surface area contributed by atoms with Gasteiger partial charge in [0.15, 0.2) is 5.82 Å². The second-order valence-corrected chi connectivity index (χ2v) is 3.72. The zero-order valence-electron chi connectivity index (χ0n) is 7.76. The molecule has 0 fully saturated rings. The van der Waals surface area contributed by atoms with E-state index >= 15 is 0 Å². The normalized spacial score (nSPS) is 13.4. The third kappa shape index (κ3) is 2.01. The average Bonchev–Trinajstić information content (AvgIpc) is 2.12. The molecule has 0 amide bonds. The summed E-state index contributed by atoms with van der Waals surface area (Å²) in [6.07, 6.45) is -0.138. The summed E-state index contributed by atoms with van der Waals surface area (Å²) in [5, 5.41) is 9.50. The second-order valence-electron chi connectivity index (χ2n) is 3.31. The van der Waals surface area contributed by atoms with E-state index in [1.807, 2.05) is 0 Å². The van der Waals surface area contributed by atoms with Crippen molar-refractivity contribution in [3.05, 3.63) is 28.5 Å². The van der Waals surface area contributed by atoms with E-state index in [1.54, 1.807) is 13.8 Å². The SMILES string of the molecule is CC(C)C(O)c1c(Cl)cnc(F)c1F. The number of hydrogen-bond donors (Lipinski definition) is 1. The average molecular weight is 222 g/mol. The number of rotatable bonds is 2. The Labute approximate surface area is 85.5 Å². The van der Waals surface area contributed by atoms with Crippen LogP contribution in [0.5, 0.6) is 0 Å². The fraction of sp³-hybridized carbons (Fsp3) is 0.444. The molecule has 0 radical (unpaired) electrons. The number of aliphatic hydroxyl groups is 1. The molecule has 1 unspecified atom stereocenters. The van der Waals surface area contributed by atoms with Crippen LogP contribution < -0.4 is 0 Å². The molecular weight excluding hydrogens is 212 g/mol. The molecule has 0 saturated carbocycles. The summed E-state index contributed by atoms with van der Waals surface area (Å²) >= 11 is 5.61. The van der Waals surface area contributed by atoms with Crippen molar-refractivity contribution in [1.29, 1.82) is 0 Å². The molecule has 0 saturated heterocycles. The molecule has 78 valence electrons. The largest absolute Gasteiger partial charge is 0.388 e. The number of halogens is 3. The number of aromatic nitrogens is 1. The van der Waals surface area contributed by atoms with E-state index in [0.29, 0.717) is 0 Å². The van der Waals surface area contributed by atoms with Crippen LogP contribution in [0.25, 0.3) is 0 Å². The van der Waals surface area contributed by atoms with Crippen LogP contribution in [0.15, 0.2) is 6.20 Å². The van der Waals surface area contributed by atoms with E-state index in [9.17, 15) is 13.9 Å². The molecule has 0 aromatic carbocycles. The monoisotopic (exact) mass is 221 g/mol. The lowest BCUT2D eigenvalue weighted by Gasteiger charge is -2.16.